The molecule has 0 saturated heterocycles. The van der Waals surface area contributed by atoms with Gasteiger partial charge in [0.25, 0.3) is 0 Å². The maximum atomic E-state index is 13.1. The van der Waals surface area contributed by atoms with Gasteiger partial charge in [0.1, 0.15) is 11.6 Å². The van der Waals surface area contributed by atoms with Crippen molar-refractivity contribution in [1.29, 1.82) is 0 Å². The van der Waals surface area contributed by atoms with Gasteiger partial charge in [0.05, 0.1) is 12.3 Å². The lowest BCUT2D eigenvalue weighted by atomic mass is 10.1. The van der Waals surface area contributed by atoms with E-state index in [1.807, 2.05) is 39.0 Å². The molecule has 28 heavy (non-hydrogen) atoms. The van der Waals surface area contributed by atoms with Crippen LogP contribution in [0, 0.1) is 26.6 Å². The van der Waals surface area contributed by atoms with E-state index in [-0.39, 0.29) is 11.7 Å². The molecule has 0 aliphatic carbocycles. The molecule has 0 aliphatic heterocycles. The number of anilines is 1. The van der Waals surface area contributed by atoms with E-state index in [1.165, 1.54) is 23.5 Å². The predicted molar refractivity (Wildman–Crippen MR) is 112 cm³/mol. The minimum absolute atomic E-state index is 0.0935. The van der Waals surface area contributed by atoms with Crippen LogP contribution in [0.1, 0.15) is 28.8 Å². The molecule has 0 unspecified atom stereocenters. The van der Waals surface area contributed by atoms with Crippen LogP contribution in [0.3, 0.4) is 0 Å². The van der Waals surface area contributed by atoms with Gasteiger partial charge in [-0.15, -0.1) is 11.3 Å². The highest BCUT2D eigenvalue weighted by Gasteiger charge is 2.12. The van der Waals surface area contributed by atoms with Crippen molar-refractivity contribution in [3.63, 3.8) is 0 Å². The highest BCUT2D eigenvalue weighted by atomic mass is 32.1. The first-order valence-electron chi connectivity index (χ1n) is 9.15. The summed E-state index contributed by atoms with van der Waals surface area (Å²) in [5, 5.41) is 3.40. The zero-order valence-corrected chi connectivity index (χ0v) is 17.0. The first-order valence-corrected chi connectivity index (χ1v) is 9.97. The number of aromatic nitrogens is 1. The number of benzene rings is 2. The fraction of sp³-hybridized carbons (Fsp3) is 0.273. The predicted octanol–water partition coefficient (Wildman–Crippen LogP) is 5.67. The van der Waals surface area contributed by atoms with E-state index in [0.717, 1.165) is 33.0 Å². The minimum atomic E-state index is -0.284. The van der Waals surface area contributed by atoms with Crippen LogP contribution in [-0.2, 0) is 4.79 Å². The van der Waals surface area contributed by atoms with Crippen molar-refractivity contribution in [2.45, 2.75) is 33.6 Å². The molecular formula is C22H23FN2O2S. The van der Waals surface area contributed by atoms with E-state index in [1.54, 1.807) is 12.1 Å². The number of carbonyl (C=O) groups is 1. The molecule has 146 valence electrons. The Bertz CT molecular complexity index is 967. The largest absolute Gasteiger partial charge is 0.493 e. The van der Waals surface area contributed by atoms with Gasteiger partial charge in [-0.3, -0.25) is 4.79 Å². The summed E-state index contributed by atoms with van der Waals surface area (Å²) in [6.45, 7) is 6.44. The lowest BCUT2D eigenvalue weighted by Gasteiger charge is -2.09. The number of hydrogen-bond donors (Lipinski definition) is 1. The van der Waals surface area contributed by atoms with Gasteiger partial charge in [0.15, 0.2) is 5.13 Å². The summed E-state index contributed by atoms with van der Waals surface area (Å²) in [4.78, 5) is 17.6. The second-order valence-corrected chi connectivity index (χ2v) is 7.90. The van der Waals surface area contributed by atoms with Crippen molar-refractivity contribution in [2.24, 2.45) is 0 Å². The minimum Gasteiger partial charge on any atom is -0.493 e. The van der Waals surface area contributed by atoms with E-state index in [2.05, 4.69) is 10.3 Å². The van der Waals surface area contributed by atoms with Gasteiger partial charge < -0.3 is 10.1 Å². The Hall–Kier alpha value is -2.73. The van der Waals surface area contributed by atoms with Crippen molar-refractivity contribution in [2.75, 3.05) is 11.9 Å². The summed E-state index contributed by atoms with van der Waals surface area (Å²) in [6.07, 6.45) is 0.976. The molecule has 1 amide bonds. The maximum Gasteiger partial charge on any atom is 0.226 e. The topological polar surface area (TPSA) is 51.2 Å². The summed E-state index contributed by atoms with van der Waals surface area (Å²) >= 11 is 1.41. The van der Waals surface area contributed by atoms with E-state index in [9.17, 15) is 9.18 Å². The van der Waals surface area contributed by atoms with Crippen molar-refractivity contribution < 1.29 is 13.9 Å². The van der Waals surface area contributed by atoms with Crippen LogP contribution in [-0.4, -0.2) is 17.5 Å². The van der Waals surface area contributed by atoms with E-state index >= 15 is 0 Å². The molecule has 1 aromatic heterocycles. The number of hydrogen-bond acceptors (Lipinski definition) is 4. The van der Waals surface area contributed by atoms with Gasteiger partial charge in [-0.1, -0.05) is 12.1 Å². The Balaban J connectivity index is 1.50. The van der Waals surface area contributed by atoms with Gasteiger partial charge in [0, 0.05) is 16.9 Å². The molecule has 1 N–H and O–H groups in total. The average Bonchev–Trinajstić information content (AvgIpc) is 3.02. The number of halogens is 1. The Kier molecular flexibility index (Phi) is 6.41. The molecule has 3 rings (SSSR count). The summed E-state index contributed by atoms with van der Waals surface area (Å²) in [5.74, 6) is 0.483. The van der Waals surface area contributed by atoms with Gasteiger partial charge in [0.2, 0.25) is 5.91 Å². The number of thiazole rings is 1. The van der Waals surface area contributed by atoms with Crippen molar-refractivity contribution in [1.82, 2.24) is 4.98 Å². The molecule has 6 heteroatoms. The third-order valence-corrected chi connectivity index (χ3v) is 5.20. The number of ether oxygens (including phenoxy) is 1. The fourth-order valence-corrected chi connectivity index (χ4v) is 3.64. The molecule has 0 fully saturated rings. The quantitative estimate of drug-likeness (QED) is 0.522. The third kappa shape index (κ3) is 5.16. The number of nitrogens with zero attached hydrogens (tertiary/aromatic N) is 1. The van der Waals surface area contributed by atoms with E-state index in [4.69, 9.17) is 4.74 Å². The highest BCUT2D eigenvalue weighted by molar-refractivity contribution is 7.16. The van der Waals surface area contributed by atoms with Crippen molar-refractivity contribution >= 4 is 22.4 Å². The van der Waals surface area contributed by atoms with Crippen LogP contribution in [0.4, 0.5) is 9.52 Å². The number of carbonyl (C=O) groups excluding carboxylic acids is 1. The molecule has 0 atom stereocenters. The Morgan fingerprint density at radius 1 is 1.14 bits per heavy atom. The summed E-state index contributed by atoms with van der Waals surface area (Å²) < 4.78 is 18.9. The zero-order chi connectivity index (χ0) is 20.1. The number of rotatable bonds is 7. The number of aryl methyl sites for hydroxylation is 3. The van der Waals surface area contributed by atoms with Crippen molar-refractivity contribution in [3.8, 4) is 17.0 Å². The molecule has 3 aromatic rings. The Morgan fingerprint density at radius 3 is 2.64 bits per heavy atom. The Morgan fingerprint density at radius 2 is 1.89 bits per heavy atom. The van der Waals surface area contributed by atoms with Gasteiger partial charge in [-0.2, -0.15) is 0 Å². The lowest BCUT2D eigenvalue weighted by molar-refractivity contribution is -0.116. The first-order chi connectivity index (χ1) is 13.4. The third-order valence-electron chi connectivity index (χ3n) is 4.31. The molecule has 0 radical (unpaired) electrons. The molecular weight excluding hydrogens is 375 g/mol. The number of nitrogens with one attached hydrogen (secondary N) is 1. The van der Waals surface area contributed by atoms with Crippen molar-refractivity contribution in [3.05, 3.63) is 64.3 Å². The number of amides is 1. The maximum absolute atomic E-state index is 13.1. The average molecular weight is 399 g/mol. The second-order valence-electron chi connectivity index (χ2n) is 6.70. The highest BCUT2D eigenvalue weighted by Crippen LogP contribution is 2.30. The molecule has 0 spiro atoms. The van der Waals surface area contributed by atoms with Crippen LogP contribution in [0.25, 0.3) is 11.3 Å². The molecule has 0 saturated carbocycles. The van der Waals surface area contributed by atoms with Gasteiger partial charge in [-0.25, -0.2) is 9.37 Å². The van der Waals surface area contributed by atoms with E-state index < -0.39 is 0 Å². The van der Waals surface area contributed by atoms with Crippen LogP contribution in [0.15, 0.2) is 42.5 Å². The lowest BCUT2D eigenvalue weighted by Crippen LogP contribution is -2.12. The van der Waals surface area contributed by atoms with E-state index in [0.29, 0.717) is 24.6 Å². The first kappa shape index (κ1) is 20.0. The zero-order valence-electron chi connectivity index (χ0n) is 16.2. The molecule has 0 aliphatic rings. The Labute approximate surface area is 168 Å². The molecule has 0 bridgehead atoms. The standard InChI is InChI=1S/C22H23FN2O2S/c1-14-6-7-15(2)19(13-14)27-12-4-5-20(26)24-22-25-21(16(3)28-22)17-8-10-18(23)11-9-17/h6-11,13H,4-5,12H2,1-3H3,(H,24,25,26). The SMILES string of the molecule is Cc1ccc(C)c(OCCCC(=O)Nc2nc(-c3ccc(F)cc3)c(C)s2)c1. The van der Waals surface area contributed by atoms with Crippen LogP contribution in [0.5, 0.6) is 5.75 Å². The van der Waals surface area contributed by atoms with Crippen LogP contribution < -0.4 is 10.1 Å². The summed E-state index contributed by atoms with van der Waals surface area (Å²) in [5.41, 5.74) is 3.83. The summed E-state index contributed by atoms with van der Waals surface area (Å²) in [7, 11) is 0. The smallest absolute Gasteiger partial charge is 0.226 e. The van der Waals surface area contributed by atoms with Gasteiger partial charge >= 0.3 is 0 Å². The van der Waals surface area contributed by atoms with Gasteiger partial charge in [-0.05, 0) is 68.7 Å². The fourth-order valence-electron chi connectivity index (χ4n) is 2.78. The monoisotopic (exact) mass is 398 g/mol. The van der Waals surface area contributed by atoms with Crippen LogP contribution in [0.2, 0.25) is 0 Å². The molecule has 2 aromatic carbocycles. The molecule has 1 heterocycles. The second kappa shape index (κ2) is 8.97. The summed E-state index contributed by atoms with van der Waals surface area (Å²) in [6, 6.07) is 12.3. The normalized spacial score (nSPS) is 10.7. The van der Waals surface area contributed by atoms with Crippen LogP contribution >= 0.6 is 11.3 Å². The molecule has 4 nitrogen and oxygen atoms in total.